The Morgan fingerprint density at radius 2 is 1.60 bits per heavy atom. The van der Waals surface area contributed by atoms with Crippen molar-refractivity contribution in [2.24, 2.45) is 0 Å². The van der Waals surface area contributed by atoms with Crippen LogP contribution in [0.3, 0.4) is 0 Å². The van der Waals surface area contributed by atoms with E-state index < -0.39 is 5.97 Å². The summed E-state index contributed by atoms with van der Waals surface area (Å²) in [6, 6.07) is 12.0. The molecule has 0 bridgehead atoms. The first kappa shape index (κ1) is 18.4. The van der Waals surface area contributed by atoms with Crippen LogP contribution in [0.5, 0.6) is 5.75 Å². The number of carbonyl (C=O) groups excluding carboxylic acids is 3. The molecular formula is C20H21NO4. The van der Waals surface area contributed by atoms with Gasteiger partial charge >= 0.3 is 5.97 Å². The van der Waals surface area contributed by atoms with E-state index in [9.17, 15) is 14.4 Å². The maximum absolute atomic E-state index is 12.2. The Labute approximate surface area is 147 Å². The maximum atomic E-state index is 12.2. The van der Waals surface area contributed by atoms with E-state index in [4.69, 9.17) is 4.74 Å². The molecule has 0 atom stereocenters. The van der Waals surface area contributed by atoms with Crippen LogP contribution in [0, 0.1) is 13.8 Å². The van der Waals surface area contributed by atoms with Crippen LogP contribution >= 0.6 is 0 Å². The normalized spacial score (nSPS) is 10.2. The number of carbonyl (C=O) groups is 3. The number of benzene rings is 2. The Morgan fingerprint density at radius 1 is 0.920 bits per heavy atom. The Hall–Kier alpha value is -2.95. The molecule has 2 rings (SSSR count). The second-order valence-electron chi connectivity index (χ2n) is 5.90. The number of anilines is 1. The molecule has 0 aromatic heterocycles. The summed E-state index contributed by atoms with van der Waals surface area (Å²) in [6.07, 6.45) is 0.116. The molecule has 0 heterocycles. The molecule has 0 aliphatic carbocycles. The summed E-state index contributed by atoms with van der Waals surface area (Å²) in [5, 5.41) is 2.63. The SMILES string of the molecule is CC(=O)Nc1ccc(OC(=O)CCC(=O)c2ccc(C)c(C)c2)cc1. The Balaban J connectivity index is 1.86. The summed E-state index contributed by atoms with van der Waals surface area (Å²) in [6.45, 7) is 5.35. The van der Waals surface area contributed by atoms with Crippen LogP contribution in [0.2, 0.25) is 0 Å². The minimum atomic E-state index is -0.468. The zero-order chi connectivity index (χ0) is 18.4. The highest BCUT2D eigenvalue weighted by Gasteiger charge is 2.12. The van der Waals surface area contributed by atoms with E-state index in [1.807, 2.05) is 26.0 Å². The third-order valence-corrected chi connectivity index (χ3v) is 3.79. The van der Waals surface area contributed by atoms with Crippen LogP contribution in [0.25, 0.3) is 0 Å². The summed E-state index contributed by atoms with van der Waals surface area (Å²) in [5.41, 5.74) is 3.40. The highest BCUT2D eigenvalue weighted by Crippen LogP contribution is 2.17. The van der Waals surface area contributed by atoms with Gasteiger partial charge in [0.1, 0.15) is 5.75 Å². The largest absolute Gasteiger partial charge is 0.427 e. The zero-order valence-electron chi connectivity index (χ0n) is 14.6. The number of esters is 1. The van der Waals surface area contributed by atoms with Crippen LogP contribution in [-0.2, 0) is 9.59 Å². The molecule has 2 aromatic carbocycles. The van der Waals surface area contributed by atoms with E-state index in [1.54, 1.807) is 30.3 Å². The van der Waals surface area contributed by atoms with Crippen molar-refractivity contribution in [3.8, 4) is 5.75 Å². The van der Waals surface area contributed by atoms with Gasteiger partial charge in [0.15, 0.2) is 5.78 Å². The van der Waals surface area contributed by atoms with Crippen LogP contribution in [0.15, 0.2) is 42.5 Å². The number of amides is 1. The molecule has 0 aliphatic heterocycles. The van der Waals surface area contributed by atoms with Gasteiger partial charge in [0.25, 0.3) is 0 Å². The van der Waals surface area contributed by atoms with Gasteiger partial charge in [0, 0.05) is 24.6 Å². The van der Waals surface area contributed by atoms with Gasteiger partial charge in [-0.3, -0.25) is 14.4 Å². The van der Waals surface area contributed by atoms with Crippen molar-refractivity contribution >= 4 is 23.3 Å². The van der Waals surface area contributed by atoms with Gasteiger partial charge in [-0.2, -0.15) is 0 Å². The second kappa shape index (κ2) is 8.24. The van der Waals surface area contributed by atoms with Gasteiger partial charge < -0.3 is 10.1 Å². The van der Waals surface area contributed by atoms with Crippen molar-refractivity contribution in [2.75, 3.05) is 5.32 Å². The number of ketones is 1. The van der Waals surface area contributed by atoms with Crippen LogP contribution in [-0.4, -0.2) is 17.7 Å². The van der Waals surface area contributed by atoms with Crippen molar-refractivity contribution < 1.29 is 19.1 Å². The Bertz CT molecular complexity index is 794. The van der Waals surface area contributed by atoms with Gasteiger partial charge in [-0.25, -0.2) is 0 Å². The fourth-order valence-corrected chi connectivity index (χ4v) is 2.27. The van der Waals surface area contributed by atoms with Gasteiger partial charge in [0.2, 0.25) is 5.91 Å². The molecule has 130 valence electrons. The standard InChI is InChI=1S/C20H21NO4/c1-13-4-5-16(12-14(13)2)19(23)10-11-20(24)25-18-8-6-17(7-9-18)21-15(3)22/h4-9,12H,10-11H2,1-3H3,(H,21,22). The van der Waals surface area contributed by atoms with E-state index in [0.717, 1.165) is 11.1 Å². The quantitative estimate of drug-likeness (QED) is 0.493. The van der Waals surface area contributed by atoms with E-state index in [0.29, 0.717) is 17.0 Å². The van der Waals surface area contributed by atoms with Crippen molar-refractivity contribution in [3.63, 3.8) is 0 Å². The molecule has 1 N–H and O–H groups in total. The van der Waals surface area contributed by atoms with E-state index >= 15 is 0 Å². The Morgan fingerprint density at radius 3 is 2.20 bits per heavy atom. The minimum Gasteiger partial charge on any atom is -0.427 e. The predicted molar refractivity (Wildman–Crippen MR) is 95.9 cm³/mol. The molecule has 0 saturated heterocycles. The van der Waals surface area contributed by atoms with Crippen molar-refractivity contribution in [1.29, 1.82) is 0 Å². The first-order valence-electron chi connectivity index (χ1n) is 8.04. The lowest BCUT2D eigenvalue weighted by Crippen LogP contribution is -2.11. The molecule has 0 aliphatic rings. The lowest BCUT2D eigenvalue weighted by molar-refractivity contribution is -0.134. The number of hydrogen-bond donors (Lipinski definition) is 1. The van der Waals surface area contributed by atoms with E-state index in [-0.39, 0.29) is 24.5 Å². The smallest absolute Gasteiger partial charge is 0.311 e. The van der Waals surface area contributed by atoms with Gasteiger partial charge in [0.05, 0.1) is 6.42 Å². The fraction of sp³-hybridized carbons (Fsp3) is 0.250. The van der Waals surface area contributed by atoms with Crippen molar-refractivity contribution in [3.05, 3.63) is 59.2 Å². The second-order valence-corrected chi connectivity index (χ2v) is 5.90. The summed E-state index contributed by atoms with van der Waals surface area (Å²) in [7, 11) is 0. The number of rotatable bonds is 6. The first-order valence-corrected chi connectivity index (χ1v) is 8.04. The van der Waals surface area contributed by atoms with Gasteiger partial charge in [-0.15, -0.1) is 0 Å². The third-order valence-electron chi connectivity index (χ3n) is 3.79. The number of nitrogens with one attached hydrogen (secondary N) is 1. The molecule has 0 spiro atoms. The number of aryl methyl sites for hydroxylation is 2. The van der Waals surface area contributed by atoms with Crippen LogP contribution in [0.4, 0.5) is 5.69 Å². The predicted octanol–water partition coefficient (Wildman–Crippen LogP) is 3.83. The van der Waals surface area contributed by atoms with Crippen molar-refractivity contribution in [1.82, 2.24) is 0 Å². The molecule has 0 radical (unpaired) electrons. The highest BCUT2D eigenvalue weighted by molar-refractivity contribution is 5.97. The summed E-state index contributed by atoms with van der Waals surface area (Å²) in [5.74, 6) is -0.349. The highest BCUT2D eigenvalue weighted by atomic mass is 16.5. The summed E-state index contributed by atoms with van der Waals surface area (Å²) < 4.78 is 5.20. The summed E-state index contributed by atoms with van der Waals surface area (Å²) in [4.78, 5) is 35.0. The van der Waals surface area contributed by atoms with Crippen molar-refractivity contribution in [2.45, 2.75) is 33.6 Å². The molecule has 1 amide bonds. The monoisotopic (exact) mass is 339 g/mol. The number of ether oxygens (including phenoxy) is 1. The molecule has 0 unspecified atom stereocenters. The molecule has 2 aromatic rings. The zero-order valence-corrected chi connectivity index (χ0v) is 14.6. The molecule has 0 saturated carbocycles. The summed E-state index contributed by atoms with van der Waals surface area (Å²) >= 11 is 0. The lowest BCUT2D eigenvalue weighted by atomic mass is 10.0. The third kappa shape index (κ3) is 5.57. The number of Topliss-reactive ketones (excluding diaryl/α,β-unsaturated/α-hetero) is 1. The molecule has 0 fully saturated rings. The van der Waals surface area contributed by atoms with Crippen LogP contribution in [0.1, 0.15) is 41.3 Å². The molecule has 5 heteroatoms. The molecule has 25 heavy (non-hydrogen) atoms. The van der Waals surface area contributed by atoms with E-state index in [1.165, 1.54) is 6.92 Å². The first-order chi connectivity index (χ1) is 11.8. The minimum absolute atomic E-state index is 0.0131. The van der Waals surface area contributed by atoms with Crippen LogP contribution < -0.4 is 10.1 Å². The average Bonchev–Trinajstić information content (AvgIpc) is 2.56. The number of hydrogen-bond acceptors (Lipinski definition) is 4. The fourth-order valence-electron chi connectivity index (χ4n) is 2.27. The Kier molecular flexibility index (Phi) is 6.06. The lowest BCUT2D eigenvalue weighted by Gasteiger charge is -2.07. The van der Waals surface area contributed by atoms with Gasteiger partial charge in [-0.05, 0) is 55.3 Å². The molecule has 5 nitrogen and oxygen atoms in total. The topological polar surface area (TPSA) is 72.5 Å². The van der Waals surface area contributed by atoms with E-state index in [2.05, 4.69) is 5.32 Å². The average molecular weight is 339 g/mol. The maximum Gasteiger partial charge on any atom is 0.311 e. The molecular weight excluding hydrogens is 318 g/mol. The van der Waals surface area contributed by atoms with Gasteiger partial charge in [-0.1, -0.05) is 12.1 Å².